The third-order valence-corrected chi connectivity index (χ3v) is 3.19. The topological polar surface area (TPSA) is 56.8 Å². The van der Waals surface area contributed by atoms with Gasteiger partial charge in [0, 0.05) is 11.8 Å². The molecule has 2 aromatic rings. The van der Waals surface area contributed by atoms with Gasteiger partial charge >= 0.3 is 6.61 Å². The van der Waals surface area contributed by atoms with E-state index < -0.39 is 6.61 Å². The average molecular weight is 337 g/mol. The molecule has 0 bridgehead atoms. The second kappa shape index (κ2) is 8.14. The number of carbonyl (C=O) groups excluding carboxylic acids is 1. The van der Waals surface area contributed by atoms with Gasteiger partial charge in [-0.1, -0.05) is 12.1 Å². The Kier molecular flexibility index (Phi) is 5.95. The Bertz CT molecular complexity index is 689. The maximum atomic E-state index is 12.4. The van der Waals surface area contributed by atoms with Crippen LogP contribution in [0.25, 0.3) is 0 Å². The third-order valence-electron chi connectivity index (χ3n) is 3.19. The molecule has 24 heavy (non-hydrogen) atoms. The van der Waals surface area contributed by atoms with Crippen LogP contribution in [0.4, 0.5) is 14.5 Å². The summed E-state index contributed by atoms with van der Waals surface area (Å²) in [6, 6.07) is 11.3. The van der Waals surface area contributed by atoms with Crippen LogP contribution in [-0.2, 0) is 11.2 Å². The Morgan fingerprint density at radius 3 is 2.33 bits per heavy atom. The van der Waals surface area contributed by atoms with Crippen molar-refractivity contribution in [3.8, 4) is 17.2 Å². The lowest BCUT2D eigenvalue weighted by molar-refractivity contribution is -0.115. The SMILES string of the molecule is COc1ccc(CC(=O)Nc2ccc(OC)c(OC(F)F)c2)cc1. The number of alkyl halides is 2. The largest absolute Gasteiger partial charge is 0.497 e. The summed E-state index contributed by atoms with van der Waals surface area (Å²) in [6.07, 6.45) is 0.140. The summed E-state index contributed by atoms with van der Waals surface area (Å²) in [4.78, 5) is 12.1. The highest BCUT2D eigenvalue weighted by Crippen LogP contribution is 2.31. The van der Waals surface area contributed by atoms with E-state index in [2.05, 4.69) is 10.1 Å². The minimum Gasteiger partial charge on any atom is -0.497 e. The van der Waals surface area contributed by atoms with Gasteiger partial charge in [-0.15, -0.1) is 0 Å². The van der Waals surface area contributed by atoms with E-state index in [0.717, 1.165) is 5.56 Å². The number of hydrogen-bond donors (Lipinski definition) is 1. The van der Waals surface area contributed by atoms with E-state index >= 15 is 0 Å². The summed E-state index contributed by atoms with van der Waals surface area (Å²) >= 11 is 0. The number of benzene rings is 2. The van der Waals surface area contributed by atoms with Crippen molar-refractivity contribution in [3.05, 3.63) is 48.0 Å². The summed E-state index contributed by atoms with van der Waals surface area (Å²) in [6.45, 7) is -2.98. The molecule has 0 fully saturated rings. The molecule has 7 heteroatoms. The molecule has 128 valence electrons. The maximum absolute atomic E-state index is 12.4. The zero-order chi connectivity index (χ0) is 17.5. The molecule has 0 aliphatic heterocycles. The molecule has 0 saturated carbocycles. The van der Waals surface area contributed by atoms with Gasteiger partial charge in [0.25, 0.3) is 0 Å². The molecule has 0 heterocycles. The van der Waals surface area contributed by atoms with Crippen LogP contribution in [0.3, 0.4) is 0 Å². The molecule has 2 rings (SSSR count). The number of halogens is 2. The zero-order valence-electron chi connectivity index (χ0n) is 13.2. The van der Waals surface area contributed by atoms with E-state index in [1.807, 2.05) is 0 Å². The summed E-state index contributed by atoms with van der Waals surface area (Å²) in [7, 11) is 2.90. The Balaban J connectivity index is 2.04. The molecule has 0 radical (unpaired) electrons. The number of nitrogens with one attached hydrogen (secondary N) is 1. The van der Waals surface area contributed by atoms with Gasteiger partial charge in [0.2, 0.25) is 5.91 Å². The van der Waals surface area contributed by atoms with E-state index in [1.54, 1.807) is 37.4 Å². The standard InChI is InChI=1S/C17H17F2NO4/c1-22-13-6-3-11(4-7-13)9-16(21)20-12-5-8-14(23-2)15(10-12)24-17(18)19/h3-8,10,17H,9H2,1-2H3,(H,20,21). The van der Waals surface area contributed by atoms with E-state index in [0.29, 0.717) is 11.4 Å². The lowest BCUT2D eigenvalue weighted by atomic mass is 10.1. The molecule has 0 atom stereocenters. The molecular weight excluding hydrogens is 320 g/mol. The normalized spacial score (nSPS) is 10.4. The Labute approximate surface area is 138 Å². The van der Waals surface area contributed by atoms with Crippen LogP contribution >= 0.6 is 0 Å². The number of carbonyl (C=O) groups is 1. The summed E-state index contributed by atoms with van der Waals surface area (Å²) in [5.74, 6) is 0.426. The molecule has 1 amide bonds. The van der Waals surface area contributed by atoms with Crippen molar-refractivity contribution >= 4 is 11.6 Å². The first-order valence-corrected chi connectivity index (χ1v) is 7.07. The molecule has 0 spiro atoms. The molecule has 1 N–H and O–H groups in total. The fourth-order valence-corrected chi connectivity index (χ4v) is 2.08. The Morgan fingerprint density at radius 1 is 1.04 bits per heavy atom. The summed E-state index contributed by atoms with van der Waals surface area (Å²) in [5, 5.41) is 2.63. The number of methoxy groups -OCH3 is 2. The van der Waals surface area contributed by atoms with Crippen molar-refractivity contribution in [2.75, 3.05) is 19.5 Å². The van der Waals surface area contributed by atoms with Gasteiger partial charge in [-0.25, -0.2) is 0 Å². The van der Waals surface area contributed by atoms with Gasteiger partial charge in [0.1, 0.15) is 5.75 Å². The van der Waals surface area contributed by atoms with Crippen molar-refractivity contribution in [2.24, 2.45) is 0 Å². The fourth-order valence-electron chi connectivity index (χ4n) is 2.08. The van der Waals surface area contributed by atoms with Gasteiger partial charge < -0.3 is 19.5 Å². The molecule has 0 aromatic heterocycles. The van der Waals surface area contributed by atoms with Crippen LogP contribution in [0, 0.1) is 0 Å². The number of ether oxygens (including phenoxy) is 3. The third kappa shape index (κ3) is 4.84. The molecular formula is C17H17F2NO4. The lowest BCUT2D eigenvalue weighted by Crippen LogP contribution is -2.14. The van der Waals surface area contributed by atoms with Crippen LogP contribution in [0.1, 0.15) is 5.56 Å². The zero-order valence-corrected chi connectivity index (χ0v) is 13.2. The predicted octanol–water partition coefficient (Wildman–Crippen LogP) is 3.49. The van der Waals surface area contributed by atoms with Gasteiger partial charge in [0.15, 0.2) is 11.5 Å². The van der Waals surface area contributed by atoms with Gasteiger partial charge in [-0.3, -0.25) is 4.79 Å². The van der Waals surface area contributed by atoms with Crippen LogP contribution in [-0.4, -0.2) is 26.7 Å². The smallest absolute Gasteiger partial charge is 0.387 e. The van der Waals surface area contributed by atoms with Crippen LogP contribution in [0.15, 0.2) is 42.5 Å². The number of hydrogen-bond acceptors (Lipinski definition) is 4. The van der Waals surface area contributed by atoms with Crippen LogP contribution < -0.4 is 19.5 Å². The van der Waals surface area contributed by atoms with E-state index in [1.165, 1.54) is 19.2 Å². The van der Waals surface area contributed by atoms with Crippen molar-refractivity contribution in [2.45, 2.75) is 13.0 Å². The Morgan fingerprint density at radius 2 is 1.75 bits per heavy atom. The second-order valence-electron chi connectivity index (χ2n) is 4.82. The predicted molar refractivity (Wildman–Crippen MR) is 85.0 cm³/mol. The lowest BCUT2D eigenvalue weighted by Gasteiger charge is -2.12. The minimum absolute atomic E-state index is 0.140. The van der Waals surface area contributed by atoms with Crippen molar-refractivity contribution in [1.29, 1.82) is 0 Å². The highest BCUT2D eigenvalue weighted by molar-refractivity contribution is 5.92. The molecule has 2 aromatic carbocycles. The van der Waals surface area contributed by atoms with Gasteiger partial charge in [-0.05, 0) is 29.8 Å². The van der Waals surface area contributed by atoms with E-state index in [9.17, 15) is 13.6 Å². The number of rotatable bonds is 7. The van der Waals surface area contributed by atoms with Gasteiger partial charge in [-0.2, -0.15) is 8.78 Å². The summed E-state index contributed by atoms with van der Waals surface area (Å²) in [5.41, 5.74) is 1.14. The maximum Gasteiger partial charge on any atom is 0.387 e. The van der Waals surface area contributed by atoms with Crippen molar-refractivity contribution in [3.63, 3.8) is 0 Å². The van der Waals surface area contributed by atoms with Crippen molar-refractivity contribution < 1.29 is 27.8 Å². The Hall–Kier alpha value is -2.83. The molecule has 5 nitrogen and oxygen atoms in total. The van der Waals surface area contributed by atoms with E-state index in [4.69, 9.17) is 9.47 Å². The fraction of sp³-hybridized carbons (Fsp3) is 0.235. The molecule has 0 saturated heterocycles. The average Bonchev–Trinajstić information content (AvgIpc) is 2.55. The monoisotopic (exact) mass is 337 g/mol. The quantitative estimate of drug-likeness (QED) is 0.840. The molecule has 0 aliphatic rings. The minimum atomic E-state index is -2.98. The number of anilines is 1. The van der Waals surface area contributed by atoms with Crippen LogP contribution in [0.2, 0.25) is 0 Å². The number of amides is 1. The highest BCUT2D eigenvalue weighted by Gasteiger charge is 2.12. The van der Waals surface area contributed by atoms with Crippen molar-refractivity contribution in [1.82, 2.24) is 0 Å². The van der Waals surface area contributed by atoms with E-state index in [-0.39, 0.29) is 23.8 Å². The second-order valence-corrected chi connectivity index (χ2v) is 4.82. The van der Waals surface area contributed by atoms with Gasteiger partial charge in [0.05, 0.1) is 20.6 Å². The first kappa shape index (κ1) is 17.5. The first-order chi connectivity index (χ1) is 11.5. The van der Waals surface area contributed by atoms with Crippen LogP contribution in [0.5, 0.6) is 17.2 Å². The molecule has 0 aliphatic carbocycles. The highest BCUT2D eigenvalue weighted by atomic mass is 19.3. The molecule has 0 unspecified atom stereocenters. The summed E-state index contributed by atoms with van der Waals surface area (Å²) < 4.78 is 39.2. The first-order valence-electron chi connectivity index (χ1n) is 7.07.